The third kappa shape index (κ3) is 3.89. The van der Waals surface area contributed by atoms with Crippen molar-refractivity contribution in [3.63, 3.8) is 0 Å². The molecule has 1 rings (SSSR count). The highest BCUT2D eigenvalue weighted by Crippen LogP contribution is 2.28. The van der Waals surface area contributed by atoms with E-state index >= 15 is 0 Å². The molecule has 0 aromatic heterocycles. The second-order valence-electron chi connectivity index (χ2n) is 4.34. The molecule has 7 nitrogen and oxygen atoms in total. The van der Waals surface area contributed by atoms with Crippen LogP contribution < -0.4 is 0 Å². The van der Waals surface area contributed by atoms with E-state index in [9.17, 15) is 23.6 Å². The molecule has 0 aliphatic heterocycles. The quantitative estimate of drug-likeness (QED) is 0.633. The Kier molecular flexibility index (Phi) is 5.46. The van der Waals surface area contributed by atoms with Gasteiger partial charge >= 0.3 is 0 Å². The summed E-state index contributed by atoms with van der Waals surface area (Å²) in [5.41, 5.74) is -0.350. The van der Waals surface area contributed by atoms with Crippen molar-refractivity contribution in [3.8, 4) is 0 Å². The first-order valence-electron chi connectivity index (χ1n) is 5.74. The Bertz CT molecular complexity index is 603. The van der Waals surface area contributed by atoms with Crippen molar-refractivity contribution in [2.24, 2.45) is 0 Å². The highest BCUT2D eigenvalue weighted by Gasteiger charge is 2.26. The lowest BCUT2D eigenvalue weighted by molar-refractivity contribution is -0.385. The molecule has 1 atom stereocenters. The van der Waals surface area contributed by atoms with Crippen molar-refractivity contribution in [2.45, 2.75) is 24.3 Å². The van der Waals surface area contributed by atoms with Crippen LogP contribution in [0, 0.1) is 10.1 Å². The molecule has 0 radical (unpaired) electrons. The van der Waals surface area contributed by atoms with Crippen molar-refractivity contribution in [3.05, 3.63) is 33.3 Å². The Balaban J connectivity index is 3.14. The molecule has 0 amide bonds. The van der Waals surface area contributed by atoms with Gasteiger partial charge in [0.1, 0.15) is 4.90 Å². The molecule has 0 aliphatic carbocycles. The lowest BCUT2D eigenvalue weighted by Crippen LogP contribution is -2.29. The summed E-state index contributed by atoms with van der Waals surface area (Å²) in [7, 11) is -2.61. The fourth-order valence-electron chi connectivity index (χ4n) is 1.46. The highest BCUT2D eigenvalue weighted by atomic mass is 35.5. The molecule has 0 saturated heterocycles. The van der Waals surface area contributed by atoms with E-state index in [4.69, 9.17) is 11.6 Å². The van der Waals surface area contributed by atoms with Crippen LogP contribution in [0.3, 0.4) is 0 Å². The standard InChI is InChI=1S/C11H15ClN2O5S/c1-8(15)5-6-13(2)20(18,19)11-7-9(14(16)17)3-4-10(11)12/h3-4,7-8,15H,5-6H2,1-2H3. The van der Waals surface area contributed by atoms with Gasteiger partial charge in [0.05, 0.1) is 16.0 Å². The molecule has 0 spiro atoms. The van der Waals surface area contributed by atoms with Crippen molar-refractivity contribution in [2.75, 3.05) is 13.6 Å². The van der Waals surface area contributed by atoms with Crippen LogP contribution in [0.15, 0.2) is 23.1 Å². The molecule has 1 unspecified atom stereocenters. The topological polar surface area (TPSA) is 101 Å². The average molecular weight is 323 g/mol. The van der Waals surface area contributed by atoms with E-state index in [-0.39, 0.29) is 28.6 Å². The largest absolute Gasteiger partial charge is 0.393 e. The maximum atomic E-state index is 12.3. The average Bonchev–Trinajstić information content (AvgIpc) is 2.35. The second-order valence-corrected chi connectivity index (χ2v) is 6.76. The predicted molar refractivity (Wildman–Crippen MR) is 74.2 cm³/mol. The number of non-ortho nitro benzene ring substituents is 1. The second kappa shape index (κ2) is 6.49. The molecule has 0 aliphatic rings. The third-order valence-corrected chi connectivity index (χ3v) is 5.01. The first kappa shape index (κ1) is 16.8. The first-order valence-corrected chi connectivity index (χ1v) is 7.56. The SMILES string of the molecule is CC(O)CCN(C)S(=O)(=O)c1cc([N+](=O)[O-])ccc1Cl. The van der Waals surface area contributed by atoms with E-state index in [1.165, 1.54) is 13.1 Å². The van der Waals surface area contributed by atoms with Crippen LogP contribution in [0.2, 0.25) is 5.02 Å². The van der Waals surface area contributed by atoms with Crippen molar-refractivity contribution in [1.82, 2.24) is 4.31 Å². The summed E-state index contributed by atoms with van der Waals surface area (Å²) in [5, 5.41) is 19.8. The van der Waals surface area contributed by atoms with Gasteiger partial charge < -0.3 is 5.11 Å². The number of aliphatic hydroxyl groups is 1. The molecular weight excluding hydrogens is 308 g/mol. The van der Waals surface area contributed by atoms with Crippen LogP contribution in [-0.4, -0.2) is 42.4 Å². The van der Waals surface area contributed by atoms with Crippen LogP contribution in [0.5, 0.6) is 0 Å². The minimum atomic E-state index is -3.94. The van der Waals surface area contributed by atoms with E-state index in [1.807, 2.05) is 0 Å². The molecule has 112 valence electrons. The van der Waals surface area contributed by atoms with Crippen LogP contribution in [0.1, 0.15) is 13.3 Å². The number of nitro benzene ring substituents is 1. The maximum Gasteiger partial charge on any atom is 0.270 e. The van der Waals surface area contributed by atoms with Crippen molar-refractivity contribution < 1.29 is 18.4 Å². The molecule has 0 fully saturated rings. The molecular formula is C11H15ClN2O5S. The van der Waals surface area contributed by atoms with E-state index in [0.29, 0.717) is 0 Å². The summed E-state index contributed by atoms with van der Waals surface area (Å²) in [6, 6.07) is 3.24. The third-order valence-electron chi connectivity index (χ3n) is 2.68. The minimum Gasteiger partial charge on any atom is -0.393 e. The van der Waals surface area contributed by atoms with E-state index in [0.717, 1.165) is 16.4 Å². The van der Waals surface area contributed by atoms with Gasteiger partial charge in [-0.15, -0.1) is 0 Å². The van der Waals surface area contributed by atoms with Gasteiger partial charge in [-0.25, -0.2) is 12.7 Å². The van der Waals surface area contributed by atoms with Gasteiger partial charge in [-0.2, -0.15) is 0 Å². The number of halogens is 1. The van der Waals surface area contributed by atoms with Crippen LogP contribution in [0.25, 0.3) is 0 Å². The predicted octanol–water partition coefficient (Wildman–Crippen LogP) is 1.64. The van der Waals surface area contributed by atoms with Gasteiger partial charge in [0.15, 0.2) is 0 Å². The van der Waals surface area contributed by atoms with E-state index in [2.05, 4.69) is 0 Å². The molecule has 0 bridgehead atoms. The Hall–Kier alpha value is -1.22. The van der Waals surface area contributed by atoms with Crippen molar-refractivity contribution in [1.29, 1.82) is 0 Å². The fourth-order valence-corrected chi connectivity index (χ4v) is 3.14. The molecule has 9 heteroatoms. The molecule has 0 heterocycles. The van der Waals surface area contributed by atoms with Crippen LogP contribution >= 0.6 is 11.6 Å². The van der Waals surface area contributed by atoms with Crippen LogP contribution in [-0.2, 0) is 10.0 Å². The summed E-state index contributed by atoms with van der Waals surface area (Å²) in [6.07, 6.45) is -0.393. The van der Waals surface area contributed by atoms with Gasteiger partial charge in [-0.05, 0) is 19.4 Å². The van der Waals surface area contributed by atoms with E-state index in [1.54, 1.807) is 6.92 Å². The summed E-state index contributed by atoms with van der Waals surface area (Å²) < 4.78 is 25.6. The normalized spacial score (nSPS) is 13.4. The maximum absolute atomic E-state index is 12.3. The number of sulfonamides is 1. The summed E-state index contributed by atoms with van der Waals surface area (Å²) in [5.74, 6) is 0. The Morgan fingerprint density at radius 2 is 2.10 bits per heavy atom. The zero-order valence-electron chi connectivity index (χ0n) is 11.0. The zero-order chi connectivity index (χ0) is 15.5. The minimum absolute atomic E-state index is 0.0824. The summed E-state index contributed by atoms with van der Waals surface area (Å²) in [4.78, 5) is 9.69. The first-order chi connectivity index (χ1) is 9.16. The van der Waals surface area contributed by atoms with Gasteiger partial charge in [0, 0.05) is 25.7 Å². The fraction of sp³-hybridized carbons (Fsp3) is 0.455. The van der Waals surface area contributed by atoms with Gasteiger partial charge in [-0.1, -0.05) is 11.6 Å². The number of hydrogen-bond acceptors (Lipinski definition) is 5. The van der Waals surface area contributed by atoms with E-state index < -0.39 is 21.1 Å². The van der Waals surface area contributed by atoms with Crippen LogP contribution in [0.4, 0.5) is 5.69 Å². The number of rotatable bonds is 6. The smallest absolute Gasteiger partial charge is 0.270 e. The number of nitrogens with zero attached hydrogens (tertiary/aromatic N) is 2. The highest BCUT2D eigenvalue weighted by molar-refractivity contribution is 7.89. The zero-order valence-corrected chi connectivity index (χ0v) is 12.6. The molecule has 1 N–H and O–H groups in total. The summed E-state index contributed by atoms with van der Waals surface area (Å²) >= 11 is 5.81. The lowest BCUT2D eigenvalue weighted by Gasteiger charge is -2.18. The monoisotopic (exact) mass is 322 g/mol. The number of benzene rings is 1. The van der Waals surface area contributed by atoms with Crippen molar-refractivity contribution >= 4 is 27.3 Å². The number of nitro groups is 1. The molecule has 1 aromatic rings. The van der Waals surface area contributed by atoms with Gasteiger partial charge in [-0.3, -0.25) is 10.1 Å². The molecule has 1 aromatic carbocycles. The lowest BCUT2D eigenvalue weighted by atomic mass is 10.3. The summed E-state index contributed by atoms with van der Waals surface area (Å²) in [6.45, 7) is 1.62. The number of hydrogen-bond donors (Lipinski definition) is 1. The van der Waals surface area contributed by atoms with Gasteiger partial charge in [0.25, 0.3) is 5.69 Å². The Labute approximate surface area is 122 Å². The van der Waals surface area contributed by atoms with Gasteiger partial charge in [0.2, 0.25) is 10.0 Å². The Morgan fingerprint density at radius 1 is 1.50 bits per heavy atom. The molecule has 20 heavy (non-hydrogen) atoms. The number of aliphatic hydroxyl groups excluding tert-OH is 1. The molecule has 0 saturated carbocycles. The Morgan fingerprint density at radius 3 is 2.60 bits per heavy atom.